The molecule has 3 amide bonds. The number of rotatable bonds is 2. The SMILES string of the molecule is CCOC(=O)N1CCC(NC(=O)C(=O)NC2=NCCS2)CC1. The molecule has 0 aliphatic carbocycles. The zero-order valence-electron chi connectivity index (χ0n) is 12.5. The summed E-state index contributed by atoms with van der Waals surface area (Å²) in [5.41, 5.74) is 0. The molecule has 2 aliphatic heterocycles. The third-order valence-corrected chi connectivity index (χ3v) is 4.26. The van der Waals surface area contributed by atoms with Crippen molar-refractivity contribution in [3.63, 3.8) is 0 Å². The van der Waals surface area contributed by atoms with Gasteiger partial charge in [-0.2, -0.15) is 0 Å². The van der Waals surface area contributed by atoms with Gasteiger partial charge in [-0.05, 0) is 19.8 Å². The number of aliphatic imine (C=N–C) groups is 1. The fraction of sp³-hybridized carbons (Fsp3) is 0.692. The van der Waals surface area contributed by atoms with Crippen molar-refractivity contribution >= 4 is 34.8 Å². The van der Waals surface area contributed by atoms with Gasteiger partial charge in [-0.25, -0.2) is 4.79 Å². The number of piperidine rings is 1. The second-order valence-electron chi connectivity index (χ2n) is 4.92. The predicted molar refractivity (Wildman–Crippen MR) is 82.7 cm³/mol. The number of amides is 3. The van der Waals surface area contributed by atoms with Crippen LogP contribution in [0.25, 0.3) is 0 Å². The van der Waals surface area contributed by atoms with Crippen LogP contribution in [0.1, 0.15) is 19.8 Å². The molecule has 0 aromatic rings. The van der Waals surface area contributed by atoms with Gasteiger partial charge < -0.3 is 15.0 Å². The molecule has 0 unspecified atom stereocenters. The molecule has 0 bridgehead atoms. The van der Waals surface area contributed by atoms with Crippen LogP contribution in [0.2, 0.25) is 0 Å². The lowest BCUT2D eigenvalue weighted by Crippen LogP contribution is -2.50. The van der Waals surface area contributed by atoms with Crippen LogP contribution in [0, 0.1) is 0 Å². The second kappa shape index (κ2) is 8.02. The van der Waals surface area contributed by atoms with Gasteiger partial charge in [0.1, 0.15) is 0 Å². The summed E-state index contributed by atoms with van der Waals surface area (Å²) in [5.74, 6) is -0.533. The number of thioether (sulfide) groups is 1. The highest BCUT2D eigenvalue weighted by molar-refractivity contribution is 8.14. The molecule has 0 radical (unpaired) electrons. The van der Waals surface area contributed by atoms with Gasteiger partial charge in [0, 0.05) is 24.9 Å². The third kappa shape index (κ3) is 4.62. The molecule has 0 saturated carbocycles. The van der Waals surface area contributed by atoms with E-state index in [9.17, 15) is 14.4 Å². The molecule has 2 heterocycles. The smallest absolute Gasteiger partial charge is 0.409 e. The normalized spacial score (nSPS) is 18.6. The highest BCUT2D eigenvalue weighted by Crippen LogP contribution is 2.12. The van der Waals surface area contributed by atoms with Crippen molar-refractivity contribution in [2.45, 2.75) is 25.8 Å². The quantitative estimate of drug-likeness (QED) is 0.692. The summed E-state index contributed by atoms with van der Waals surface area (Å²) >= 11 is 1.42. The van der Waals surface area contributed by atoms with Crippen molar-refractivity contribution in [3.05, 3.63) is 0 Å². The van der Waals surface area contributed by atoms with Gasteiger partial charge in [0.05, 0.1) is 13.2 Å². The van der Waals surface area contributed by atoms with Crippen molar-refractivity contribution in [1.29, 1.82) is 0 Å². The van der Waals surface area contributed by atoms with Crippen molar-refractivity contribution < 1.29 is 19.1 Å². The average molecular weight is 328 g/mol. The van der Waals surface area contributed by atoms with Gasteiger partial charge in [0.15, 0.2) is 5.17 Å². The highest BCUT2D eigenvalue weighted by Gasteiger charge is 2.26. The third-order valence-electron chi connectivity index (χ3n) is 3.37. The van der Waals surface area contributed by atoms with Crippen LogP contribution in [-0.2, 0) is 14.3 Å². The Bertz CT molecular complexity index is 475. The van der Waals surface area contributed by atoms with Crippen LogP contribution < -0.4 is 10.6 Å². The molecule has 0 aromatic heterocycles. The molecule has 2 N–H and O–H groups in total. The van der Waals surface area contributed by atoms with Crippen LogP contribution in [0.5, 0.6) is 0 Å². The zero-order chi connectivity index (χ0) is 15.9. The maximum atomic E-state index is 11.8. The van der Waals surface area contributed by atoms with Crippen LogP contribution in [0.3, 0.4) is 0 Å². The molecule has 2 aliphatic rings. The van der Waals surface area contributed by atoms with Gasteiger partial charge in [0.25, 0.3) is 0 Å². The number of nitrogens with one attached hydrogen (secondary N) is 2. The number of nitrogens with zero attached hydrogens (tertiary/aromatic N) is 2. The second-order valence-corrected chi connectivity index (χ2v) is 6.01. The Morgan fingerprint density at radius 3 is 2.64 bits per heavy atom. The first-order chi connectivity index (χ1) is 10.6. The van der Waals surface area contributed by atoms with E-state index in [1.807, 2.05) is 0 Å². The van der Waals surface area contributed by atoms with E-state index in [1.165, 1.54) is 11.8 Å². The molecule has 9 heteroatoms. The summed E-state index contributed by atoms with van der Waals surface area (Å²) in [7, 11) is 0. The molecule has 1 saturated heterocycles. The highest BCUT2D eigenvalue weighted by atomic mass is 32.2. The van der Waals surface area contributed by atoms with Crippen LogP contribution >= 0.6 is 11.8 Å². The number of carbonyl (C=O) groups excluding carboxylic acids is 3. The van der Waals surface area contributed by atoms with Crippen molar-refractivity contribution in [1.82, 2.24) is 15.5 Å². The number of ether oxygens (including phenoxy) is 1. The minimum Gasteiger partial charge on any atom is -0.450 e. The van der Waals surface area contributed by atoms with Crippen molar-refractivity contribution in [2.24, 2.45) is 4.99 Å². The van der Waals surface area contributed by atoms with Gasteiger partial charge in [-0.15, -0.1) is 0 Å². The Kier molecular flexibility index (Phi) is 6.05. The topological polar surface area (TPSA) is 100 Å². The molecule has 1 fully saturated rings. The molecular formula is C13H20N4O4S. The van der Waals surface area contributed by atoms with Gasteiger partial charge in [-0.1, -0.05) is 11.8 Å². The van der Waals surface area contributed by atoms with Gasteiger partial charge in [0.2, 0.25) is 0 Å². The number of hydrogen-bond acceptors (Lipinski definition) is 6. The average Bonchev–Trinajstić information content (AvgIpc) is 3.01. The fourth-order valence-electron chi connectivity index (χ4n) is 2.24. The van der Waals surface area contributed by atoms with E-state index in [2.05, 4.69) is 15.6 Å². The summed E-state index contributed by atoms with van der Waals surface area (Å²) in [6.45, 7) is 3.78. The van der Waals surface area contributed by atoms with E-state index in [0.29, 0.717) is 44.3 Å². The Balaban J connectivity index is 1.72. The summed E-state index contributed by atoms with van der Waals surface area (Å²) in [4.78, 5) is 40.8. The molecule has 2 rings (SSSR count). The van der Waals surface area contributed by atoms with Gasteiger partial charge >= 0.3 is 17.9 Å². The molecule has 0 atom stereocenters. The molecule has 8 nitrogen and oxygen atoms in total. The molecule has 0 aromatic carbocycles. The minimum atomic E-state index is -0.694. The summed E-state index contributed by atoms with van der Waals surface area (Å²) in [5, 5.41) is 5.68. The standard InChI is InChI=1S/C13H20N4O4S/c1-2-21-13(20)17-6-3-9(4-7-17)15-10(18)11(19)16-12-14-5-8-22-12/h9H,2-8H2,1H3,(H,15,18)(H,14,16,19). The predicted octanol–water partition coefficient (Wildman–Crippen LogP) is -0.0575. The van der Waals surface area contributed by atoms with E-state index in [0.717, 1.165) is 5.75 Å². The lowest BCUT2D eigenvalue weighted by atomic mass is 10.1. The first kappa shape index (κ1) is 16.6. The van der Waals surface area contributed by atoms with Crippen LogP contribution in [0.15, 0.2) is 4.99 Å². The van der Waals surface area contributed by atoms with E-state index in [-0.39, 0.29) is 12.1 Å². The summed E-state index contributed by atoms with van der Waals surface area (Å²) in [6.07, 6.45) is 0.877. The summed E-state index contributed by atoms with van der Waals surface area (Å²) in [6, 6.07) is -0.109. The Labute approximate surface area is 133 Å². The van der Waals surface area contributed by atoms with Crippen molar-refractivity contribution in [3.8, 4) is 0 Å². The molecule has 22 heavy (non-hydrogen) atoms. The number of carbonyl (C=O) groups is 3. The largest absolute Gasteiger partial charge is 0.450 e. The monoisotopic (exact) mass is 328 g/mol. The fourth-order valence-corrected chi connectivity index (χ4v) is 2.96. The van der Waals surface area contributed by atoms with Crippen molar-refractivity contribution in [2.75, 3.05) is 32.0 Å². The van der Waals surface area contributed by atoms with E-state index in [4.69, 9.17) is 4.74 Å². The summed E-state index contributed by atoms with van der Waals surface area (Å²) < 4.78 is 4.93. The Morgan fingerprint density at radius 2 is 2.05 bits per heavy atom. The lowest BCUT2D eigenvalue weighted by molar-refractivity contribution is -0.138. The van der Waals surface area contributed by atoms with Crippen LogP contribution in [0.4, 0.5) is 4.79 Å². The maximum absolute atomic E-state index is 11.8. The van der Waals surface area contributed by atoms with Gasteiger partial charge in [-0.3, -0.25) is 19.9 Å². The van der Waals surface area contributed by atoms with Crippen LogP contribution in [-0.4, -0.2) is 66.0 Å². The minimum absolute atomic E-state index is 0.109. The molecule has 0 spiro atoms. The van der Waals surface area contributed by atoms with E-state index < -0.39 is 11.8 Å². The van der Waals surface area contributed by atoms with E-state index >= 15 is 0 Å². The number of likely N-dealkylation sites (tertiary alicyclic amines) is 1. The lowest BCUT2D eigenvalue weighted by Gasteiger charge is -2.31. The molecule has 122 valence electrons. The Morgan fingerprint density at radius 1 is 1.32 bits per heavy atom. The molecular weight excluding hydrogens is 308 g/mol. The first-order valence-electron chi connectivity index (χ1n) is 7.31. The zero-order valence-corrected chi connectivity index (χ0v) is 13.3. The number of amidine groups is 1. The first-order valence-corrected chi connectivity index (χ1v) is 8.29. The van der Waals surface area contributed by atoms with E-state index in [1.54, 1.807) is 11.8 Å². The Hall–Kier alpha value is -1.77. The number of hydrogen-bond donors (Lipinski definition) is 2. The maximum Gasteiger partial charge on any atom is 0.409 e.